The lowest BCUT2D eigenvalue weighted by Gasteiger charge is -2.03. The fourth-order valence-electron chi connectivity index (χ4n) is 2.67. The first-order valence-corrected chi connectivity index (χ1v) is 10.3. The lowest BCUT2D eigenvalue weighted by Crippen LogP contribution is -2.24. The van der Waals surface area contributed by atoms with Crippen LogP contribution < -0.4 is 5.32 Å². The molecule has 0 radical (unpaired) electrons. The maximum absolute atomic E-state index is 11.7. The molecule has 4 heteroatoms. The molecule has 0 heterocycles. The number of ketones is 1. The number of aliphatic hydroxyl groups is 1. The van der Waals surface area contributed by atoms with Gasteiger partial charge in [0.15, 0.2) is 5.78 Å². The average Bonchev–Trinajstić information content (AvgIpc) is 2.60. The van der Waals surface area contributed by atoms with Crippen LogP contribution in [0.2, 0.25) is 0 Å². The number of amides is 1. The van der Waals surface area contributed by atoms with E-state index in [0.29, 0.717) is 25.8 Å². The van der Waals surface area contributed by atoms with Crippen molar-refractivity contribution in [2.45, 2.75) is 96.8 Å². The molecule has 0 aromatic rings. The number of rotatable bonds is 18. The predicted octanol–water partition coefficient (Wildman–Crippen LogP) is 4.70. The maximum Gasteiger partial charge on any atom is 0.219 e. The molecule has 0 saturated heterocycles. The second-order valence-electron chi connectivity index (χ2n) is 6.77. The molecule has 0 unspecified atom stereocenters. The van der Waals surface area contributed by atoms with Crippen LogP contribution in [0, 0.1) is 0 Å². The van der Waals surface area contributed by atoms with E-state index in [9.17, 15) is 9.59 Å². The fraction of sp³-hybridized carbons (Fsp3) is 0.810. The largest absolute Gasteiger partial charge is 0.396 e. The molecule has 0 aliphatic heterocycles. The van der Waals surface area contributed by atoms with Gasteiger partial charge < -0.3 is 10.4 Å². The highest BCUT2D eigenvalue weighted by molar-refractivity contribution is 5.89. The Labute approximate surface area is 154 Å². The van der Waals surface area contributed by atoms with E-state index < -0.39 is 0 Å². The van der Waals surface area contributed by atoms with E-state index in [1.54, 1.807) is 6.08 Å². The third-order valence-electron chi connectivity index (χ3n) is 4.26. The second-order valence-corrected chi connectivity index (χ2v) is 6.77. The van der Waals surface area contributed by atoms with Crippen LogP contribution in [0.25, 0.3) is 0 Å². The Kier molecular flexibility index (Phi) is 18.3. The van der Waals surface area contributed by atoms with Gasteiger partial charge in [-0.2, -0.15) is 0 Å². The van der Waals surface area contributed by atoms with Crippen molar-refractivity contribution in [2.75, 3.05) is 13.2 Å². The van der Waals surface area contributed by atoms with E-state index >= 15 is 0 Å². The van der Waals surface area contributed by atoms with Gasteiger partial charge in [0.25, 0.3) is 0 Å². The minimum atomic E-state index is 0.0876. The molecule has 25 heavy (non-hydrogen) atoms. The smallest absolute Gasteiger partial charge is 0.219 e. The number of unbranched alkanes of at least 4 members (excludes halogenated alkanes) is 9. The van der Waals surface area contributed by atoms with Crippen LogP contribution in [0.3, 0.4) is 0 Å². The topological polar surface area (TPSA) is 66.4 Å². The second kappa shape index (κ2) is 19.2. The zero-order valence-electron chi connectivity index (χ0n) is 16.2. The van der Waals surface area contributed by atoms with E-state index in [0.717, 1.165) is 44.9 Å². The maximum atomic E-state index is 11.7. The lowest BCUT2D eigenvalue weighted by atomic mass is 10.1. The minimum absolute atomic E-state index is 0.0876. The standard InChI is InChI=1S/C21H39NO3/c1-2-3-4-8-11-15-20(24)16-12-9-6-5-7-10-13-17-21(25)22-18-14-19-23/h12,16,23H,2-11,13-15,17-19H2,1H3,(H,22,25)/b16-12+. The molecule has 0 spiro atoms. The Balaban J connectivity index is 3.34. The molecule has 1 amide bonds. The highest BCUT2D eigenvalue weighted by atomic mass is 16.3. The van der Waals surface area contributed by atoms with Crippen molar-refractivity contribution in [3.63, 3.8) is 0 Å². The summed E-state index contributed by atoms with van der Waals surface area (Å²) < 4.78 is 0. The third-order valence-corrected chi connectivity index (χ3v) is 4.26. The van der Waals surface area contributed by atoms with Gasteiger partial charge in [0.1, 0.15) is 0 Å². The van der Waals surface area contributed by atoms with Crippen LogP contribution >= 0.6 is 0 Å². The van der Waals surface area contributed by atoms with Gasteiger partial charge in [-0.1, -0.05) is 57.9 Å². The molecule has 146 valence electrons. The Morgan fingerprint density at radius 2 is 1.48 bits per heavy atom. The molecule has 0 bridgehead atoms. The van der Waals surface area contributed by atoms with Crippen molar-refractivity contribution in [3.8, 4) is 0 Å². The van der Waals surface area contributed by atoms with Crippen molar-refractivity contribution in [2.24, 2.45) is 0 Å². The van der Waals surface area contributed by atoms with Crippen LogP contribution in [0.4, 0.5) is 0 Å². The van der Waals surface area contributed by atoms with Crippen molar-refractivity contribution in [3.05, 3.63) is 12.2 Å². The van der Waals surface area contributed by atoms with Gasteiger partial charge in [-0.3, -0.25) is 9.59 Å². The van der Waals surface area contributed by atoms with Crippen molar-refractivity contribution >= 4 is 11.7 Å². The summed E-state index contributed by atoms with van der Waals surface area (Å²) in [5, 5.41) is 11.4. The first kappa shape index (κ1) is 23.8. The van der Waals surface area contributed by atoms with Crippen molar-refractivity contribution in [1.82, 2.24) is 5.32 Å². The third kappa shape index (κ3) is 19.0. The molecule has 0 rings (SSSR count). The summed E-state index contributed by atoms with van der Waals surface area (Å²) in [7, 11) is 0. The normalized spacial score (nSPS) is 11.1. The molecule has 0 aliphatic rings. The summed E-state index contributed by atoms with van der Waals surface area (Å²) in [5.74, 6) is 0.355. The summed E-state index contributed by atoms with van der Waals surface area (Å²) in [6.45, 7) is 2.89. The number of allylic oxidation sites excluding steroid dienone is 2. The highest BCUT2D eigenvalue weighted by Gasteiger charge is 2.00. The molecule has 0 fully saturated rings. The number of nitrogens with one attached hydrogen (secondary N) is 1. The Bertz CT molecular complexity index is 353. The van der Waals surface area contributed by atoms with Gasteiger partial charge in [0.05, 0.1) is 0 Å². The van der Waals surface area contributed by atoms with E-state index in [1.165, 1.54) is 25.7 Å². The van der Waals surface area contributed by atoms with Gasteiger partial charge in [0.2, 0.25) is 5.91 Å². The van der Waals surface area contributed by atoms with Gasteiger partial charge in [0, 0.05) is 26.0 Å². The summed E-state index contributed by atoms with van der Waals surface area (Å²) in [4.78, 5) is 23.1. The van der Waals surface area contributed by atoms with Crippen LogP contribution in [-0.2, 0) is 9.59 Å². The summed E-state index contributed by atoms with van der Waals surface area (Å²) >= 11 is 0. The summed E-state index contributed by atoms with van der Waals surface area (Å²) in [5.41, 5.74) is 0. The summed E-state index contributed by atoms with van der Waals surface area (Å²) in [6.07, 6.45) is 18.0. The van der Waals surface area contributed by atoms with Crippen LogP contribution in [0.1, 0.15) is 96.8 Å². The molecule has 0 saturated carbocycles. The molecule has 0 aliphatic carbocycles. The van der Waals surface area contributed by atoms with Crippen LogP contribution in [0.5, 0.6) is 0 Å². The lowest BCUT2D eigenvalue weighted by molar-refractivity contribution is -0.121. The quantitative estimate of drug-likeness (QED) is 0.277. The number of aliphatic hydroxyl groups excluding tert-OH is 1. The van der Waals surface area contributed by atoms with Crippen molar-refractivity contribution < 1.29 is 14.7 Å². The molecule has 2 N–H and O–H groups in total. The van der Waals surface area contributed by atoms with Crippen LogP contribution in [0.15, 0.2) is 12.2 Å². The predicted molar refractivity (Wildman–Crippen MR) is 105 cm³/mol. The number of hydrogen-bond acceptors (Lipinski definition) is 3. The van der Waals surface area contributed by atoms with E-state index in [2.05, 4.69) is 12.2 Å². The van der Waals surface area contributed by atoms with Gasteiger partial charge in [-0.15, -0.1) is 0 Å². The number of carbonyl (C=O) groups excluding carboxylic acids is 2. The van der Waals surface area contributed by atoms with Gasteiger partial charge in [-0.05, 0) is 38.2 Å². The van der Waals surface area contributed by atoms with Crippen LogP contribution in [-0.4, -0.2) is 29.9 Å². The molecule has 0 aromatic carbocycles. The van der Waals surface area contributed by atoms with E-state index in [4.69, 9.17) is 5.11 Å². The van der Waals surface area contributed by atoms with E-state index in [-0.39, 0.29) is 18.3 Å². The van der Waals surface area contributed by atoms with Gasteiger partial charge in [-0.25, -0.2) is 0 Å². The van der Waals surface area contributed by atoms with E-state index in [1.807, 2.05) is 6.08 Å². The SMILES string of the molecule is CCCCCCCC(=O)/C=C/CCCCCCCC(=O)NCCCO. The molecule has 0 atom stereocenters. The average molecular weight is 354 g/mol. The summed E-state index contributed by atoms with van der Waals surface area (Å²) in [6, 6.07) is 0. The highest BCUT2D eigenvalue weighted by Crippen LogP contribution is 2.09. The fourth-order valence-corrected chi connectivity index (χ4v) is 2.67. The minimum Gasteiger partial charge on any atom is -0.396 e. The first-order valence-electron chi connectivity index (χ1n) is 10.3. The molecular weight excluding hydrogens is 314 g/mol. The number of hydrogen-bond donors (Lipinski definition) is 2. The molecule has 0 aromatic heterocycles. The number of carbonyl (C=O) groups is 2. The Morgan fingerprint density at radius 1 is 0.840 bits per heavy atom. The first-order chi connectivity index (χ1) is 12.2. The zero-order valence-corrected chi connectivity index (χ0v) is 16.2. The van der Waals surface area contributed by atoms with Crippen molar-refractivity contribution in [1.29, 1.82) is 0 Å². The molecule has 4 nitrogen and oxygen atoms in total. The Hall–Kier alpha value is -1.16. The molecular formula is C21H39NO3. The van der Waals surface area contributed by atoms with Gasteiger partial charge >= 0.3 is 0 Å². The Morgan fingerprint density at radius 3 is 2.20 bits per heavy atom. The zero-order chi connectivity index (χ0) is 18.6. The monoisotopic (exact) mass is 353 g/mol.